The maximum absolute atomic E-state index is 12.3. The van der Waals surface area contributed by atoms with Crippen LogP contribution in [0.15, 0.2) is 16.5 Å². The van der Waals surface area contributed by atoms with Crippen LogP contribution in [0.2, 0.25) is 0 Å². The standard InChI is InChI=1S/C13H18N2O3/c1-9-6-7-11(18-9)13(17)15-8-4-3-5-10(15)12(16)14-2/h6-7,10H,3-5,8H2,1-2H3,(H,14,16). The first-order valence-electron chi connectivity index (χ1n) is 6.22. The van der Waals surface area contributed by atoms with Crippen molar-refractivity contribution in [1.82, 2.24) is 10.2 Å². The number of carbonyl (C=O) groups is 2. The third-order valence-electron chi connectivity index (χ3n) is 3.26. The Morgan fingerprint density at radius 1 is 1.39 bits per heavy atom. The zero-order valence-electron chi connectivity index (χ0n) is 10.7. The molecule has 1 aromatic heterocycles. The predicted molar refractivity (Wildman–Crippen MR) is 66.2 cm³/mol. The zero-order valence-corrected chi connectivity index (χ0v) is 10.7. The van der Waals surface area contributed by atoms with Crippen molar-refractivity contribution in [2.45, 2.75) is 32.2 Å². The normalized spacial score (nSPS) is 19.7. The van der Waals surface area contributed by atoms with Gasteiger partial charge < -0.3 is 14.6 Å². The van der Waals surface area contributed by atoms with Crippen LogP contribution < -0.4 is 5.32 Å². The maximum Gasteiger partial charge on any atom is 0.290 e. The number of aryl methyl sites for hydroxylation is 1. The summed E-state index contributed by atoms with van der Waals surface area (Å²) >= 11 is 0. The van der Waals surface area contributed by atoms with E-state index in [9.17, 15) is 9.59 Å². The number of furan rings is 1. The molecule has 1 saturated heterocycles. The van der Waals surface area contributed by atoms with Crippen molar-refractivity contribution in [3.63, 3.8) is 0 Å². The van der Waals surface area contributed by atoms with Crippen LogP contribution in [-0.4, -0.2) is 36.3 Å². The van der Waals surface area contributed by atoms with Gasteiger partial charge in [-0.05, 0) is 38.3 Å². The predicted octanol–water partition coefficient (Wildman–Crippen LogP) is 1.33. The topological polar surface area (TPSA) is 62.6 Å². The molecule has 1 N–H and O–H groups in total. The molecule has 5 heteroatoms. The molecule has 0 aromatic carbocycles. The molecule has 2 amide bonds. The zero-order chi connectivity index (χ0) is 13.1. The first-order valence-corrected chi connectivity index (χ1v) is 6.22. The molecule has 1 atom stereocenters. The van der Waals surface area contributed by atoms with Crippen LogP contribution >= 0.6 is 0 Å². The Balaban J connectivity index is 2.18. The molecule has 98 valence electrons. The quantitative estimate of drug-likeness (QED) is 0.861. The minimum absolute atomic E-state index is 0.105. The van der Waals surface area contributed by atoms with Gasteiger partial charge in [-0.1, -0.05) is 0 Å². The Kier molecular flexibility index (Phi) is 3.69. The van der Waals surface area contributed by atoms with Gasteiger partial charge in [0.2, 0.25) is 5.91 Å². The number of hydrogen-bond acceptors (Lipinski definition) is 3. The second-order valence-corrected chi connectivity index (χ2v) is 4.53. The summed E-state index contributed by atoms with van der Waals surface area (Å²) in [7, 11) is 1.59. The number of hydrogen-bond donors (Lipinski definition) is 1. The van der Waals surface area contributed by atoms with Crippen LogP contribution in [-0.2, 0) is 4.79 Å². The summed E-state index contributed by atoms with van der Waals surface area (Å²) < 4.78 is 5.34. The summed E-state index contributed by atoms with van der Waals surface area (Å²) in [6, 6.07) is 3.04. The molecule has 0 saturated carbocycles. The van der Waals surface area contributed by atoms with Crippen LogP contribution in [0.5, 0.6) is 0 Å². The van der Waals surface area contributed by atoms with Gasteiger partial charge in [-0.15, -0.1) is 0 Å². The average Bonchev–Trinajstić information content (AvgIpc) is 2.83. The third kappa shape index (κ3) is 2.39. The van der Waals surface area contributed by atoms with E-state index in [-0.39, 0.29) is 17.9 Å². The van der Waals surface area contributed by atoms with Gasteiger partial charge in [0, 0.05) is 13.6 Å². The number of rotatable bonds is 2. The summed E-state index contributed by atoms with van der Waals surface area (Å²) in [4.78, 5) is 25.7. The van der Waals surface area contributed by atoms with E-state index in [0.29, 0.717) is 24.5 Å². The van der Waals surface area contributed by atoms with Crippen molar-refractivity contribution in [2.24, 2.45) is 0 Å². The fourth-order valence-corrected chi connectivity index (χ4v) is 2.30. The van der Waals surface area contributed by atoms with Crippen LogP contribution in [0.1, 0.15) is 35.6 Å². The smallest absolute Gasteiger partial charge is 0.290 e. The number of likely N-dealkylation sites (N-methyl/N-ethyl adjacent to an activating group) is 1. The van der Waals surface area contributed by atoms with E-state index in [1.807, 2.05) is 0 Å². The van der Waals surface area contributed by atoms with E-state index in [1.165, 1.54) is 0 Å². The number of piperidine rings is 1. The van der Waals surface area contributed by atoms with E-state index < -0.39 is 0 Å². The molecule has 0 radical (unpaired) electrons. The SMILES string of the molecule is CNC(=O)C1CCCCN1C(=O)c1ccc(C)o1. The van der Waals surface area contributed by atoms with Crippen LogP contribution in [0.3, 0.4) is 0 Å². The highest BCUT2D eigenvalue weighted by Gasteiger charge is 2.33. The van der Waals surface area contributed by atoms with E-state index in [0.717, 1.165) is 12.8 Å². The Hall–Kier alpha value is -1.78. The second-order valence-electron chi connectivity index (χ2n) is 4.53. The number of carbonyl (C=O) groups excluding carboxylic acids is 2. The molecule has 5 nitrogen and oxygen atoms in total. The molecule has 2 heterocycles. The van der Waals surface area contributed by atoms with E-state index >= 15 is 0 Å². The van der Waals surface area contributed by atoms with Gasteiger partial charge in [-0.25, -0.2) is 0 Å². The van der Waals surface area contributed by atoms with Crippen molar-refractivity contribution in [3.8, 4) is 0 Å². The molecule has 0 aliphatic carbocycles. The van der Waals surface area contributed by atoms with Gasteiger partial charge in [0.1, 0.15) is 11.8 Å². The molecule has 0 spiro atoms. The van der Waals surface area contributed by atoms with Crippen molar-refractivity contribution in [1.29, 1.82) is 0 Å². The largest absolute Gasteiger partial charge is 0.456 e. The number of amides is 2. The van der Waals surface area contributed by atoms with Gasteiger partial charge >= 0.3 is 0 Å². The molecular weight excluding hydrogens is 232 g/mol. The summed E-state index contributed by atoms with van der Waals surface area (Å²) in [5.41, 5.74) is 0. The van der Waals surface area contributed by atoms with E-state index in [4.69, 9.17) is 4.42 Å². The third-order valence-corrected chi connectivity index (χ3v) is 3.26. The van der Waals surface area contributed by atoms with Crippen LogP contribution in [0.25, 0.3) is 0 Å². The molecule has 1 fully saturated rings. The second kappa shape index (κ2) is 5.25. The fraction of sp³-hybridized carbons (Fsp3) is 0.538. The molecule has 1 unspecified atom stereocenters. The minimum Gasteiger partial charge on any atom is -0.456 e. The summed E-state index contributed by atoms with van der Waals surface area (Å²) in [5.74, 6) is 0.706. The Bertz CT molecular complexity index is 453. The lowest BCUT2D eigenvalue weighted by atomic mass is 10.0. The summed E-state index contributed by atoms with van der Waals surface area (Å²) in [6.45, 7) is 2.40. The monoisotopic (exact) mass is 250 g/mol. The summed E-state index contributed by atoms with van der Waals surface area (Å²) in [6.07, 6.45) is 2.61. The molecule has 1 aliphatic rings. The molecule has 18 heavy (non-hydrogen) atoms. The van der Waals surface area contributed by atoms with Crippen LogP contribution in [0.4, 0.5) is 0 Å². The van der Waals surface area contributed by atoms with Crippen LogP contribution in [0, 0.1) is 6.92 Å². The number of nitrogens with one attached hydrogen (secondary N) is 1. The number of nitrogens with zero attached hydrogens (tertiary/aromatic N) is 1. The van der Waals surface area contributed by atoms with E-state index in [1.54, 1.807) is 31.0 Å². The molecule has 1 aromatic rings. The molecule has 0 bridgehead atoms. The van der Waals surface area contributed by atoms with Gasteiger partial charge in [-0.3, -0.25) is 9.59 Å². The Morgan fingerprint density at radius 3 is 2.78 bits per heavy atom. The van der Waals surface area contributed by atoms with Gasteiger partial charge in [0.25, 0.3) is 5.91 Å². The first kappa shape index (κ1) is 12.7. The lowest BCUT2D eigenvalue weighted by Gasteiger charge is -2.33. The Morgan fingerprint density at radius 2 is 2.17 bits per heavy atom. The highest BCUT2D eigenvalue weighted by Crippen LogP contribution is 2.20. The first-order chi connectivity index (χ1) is 8.63. The fourth-order valence-electron chi connectivity index (χ4n) is 2.30. The summed E-state index contributed by atoms with van der Waals surface area (Å²) in [5, 5.41) is 2.61. The van der Waals surface area contributed by atoms with Gasteiger partial charge in [0.15, 0.2) is 5.76 Å². The minimum atomic E-state index is -0.373. The van der Waals surface area contributed by atoms with Crippen molar-refractivity contribution in [2.75, 3.05) is 13.6 Å². The molecular formula is C13H18N2O3. The Labute approximate surface area is 106 Å². The highest BCUT2D eigenvalue weighted by atomic mass is 16.3. The lowest BCUT2D eigenvalue weighted by Crippen LogP contribution is -2.51. The lowest BCUT2D eigenvalue weighted by molar-refractivity contribution is -0.126. The van der Waals surface area contributed by atoms with Crippen molar-refractivity contribution >= 4 is 11.8 Å². The van der Waals surface area contributed by atoms with Crippen molar-refractivity contribution < 1.29 is 14.0 Å². The molecule has 2 rings (SSSR count). The maximum atomic E-state index is 12.3. The number of likely N-dealkylation sites (tertiary alicyclic amines) is 1. The van der Waals surface area contributed by atoms with Gasteiger partial charge in [-0.2, -0.15) is 0 Å². The average molecular weight is 250 g/mol. The molecule has 1 aliphatic heterocycles. The van der Waals surface area contributed by atoms with E-state index in [2.05, 4.69) is 5.32 Å². The highest BCUT2D eigenvalue weighted by molar-refractivity contribution is 5.95. The van der Waals surface area contributed by atoms with Crippen molar-refractivity contribution in [3.05, 3.63) is 23.7 Å². The van der Waals surface area contributed by atoms with Gasteiger partial charge in [0.05, 0.1) is 0 Å².